The highest BCUT2D eigenvalue weighted by Crippen LogP contribution is 2.86. The van der Waals surface area contributed by atoms with Crippen molar-refractivity contribution in [3.05, 3.63) is 229 Å². The normalized spacial score (nSPS) is 36.0. The number of rotatable bonds is 11. The van der Waals surface area contributed by atoms with Crippen LogP contribution in [-0.2, 0) is 21.7 Å². The lowest BCUT2D eigenvalue weighted by Crippen LogP contribution is -2.62. The van der Waals surface area contributed by atoms with Crippen LogP contribution in [0.3, 0.4) is 0 Å². The molecule has 4 heterocycles. The minimum Gasteiger partial charge on any atom is -0.455 e. The van der Waals surface area contributed by atoms with Gasteiger partial charge in [0.2, 0.25) is 0 Å². The number of hydrogen-bond donors (Lipinski definition) is 0. The highest BCUT2D eigenvalue weighted by Gasteiger charge is 2.79. The van der Waals surface area contributed by atoms with Gasteiger partial charge < -0.3 is 8.83 Å². The molecule has 8 heteroatoms. The van der Waals surface area contributed by atoms with E-state index >= 15 is 0 Å². The van der Waals surface area contributed by atoms with Gasteiger partial charge in [0.1, 0.15) is 22.3 Å². The fraction of sp³-hybridized carbons (Fsp3) is 0.415. The summed E-state index contributed by atoms with van der Waals surface area (Å²) in [6, 6.07) is 77.9. The lowest BCUT2D eigenvalue weighted by molar-refractivity contribution is -0.177. The zero-order chi connectivity index (χ0) is 74.6. The maximum absolute atomic E-state index is 6.80. The van der Waals surface area contributed by atoms with Crippen molar-refractivity contribution >= 4 is 65.4 Å². The van der Waals surface area contributed by atoms with Gasteiger partial charge in [0.15, 0.2) is 34.9 Å². The predicted molar refractivity (Wildman–Crippen MR) is 455 cm³/mol. The van der Waals surface area contributed by atoms with Gasteiger partial charge in [0.05, 0.1) is 0 Å². The molecule has 0 N–H and O–H groups in total. The SMILES string of the molecule is C[C@H]1CC2C[C@H](C)CC(c3ccc(-c4nc(-c5ccc(C67CC8C9C(C[C@H]9C6)C([C@@]69C[C@H]%10C[C@H]%11CC(c%12ccc(-c%13nc(-c%14ccc(C%15%16CC%17C(C[C@H](C)C%15)C[C@H]%17C%16)cc%14)nc(-c%14ccc%15oc%16c%17ccccc%17ccc%16c%15c%14)n%13)cc%12)(CC%11C%106)C9)[C@H]8C7)cc5)nc(-c5ccc6c(c5)oc5c7ccccc7ccc65)n4)cc3)(C2)C1. The first kappa shape index (κ1) is 65.6. The Morgan fingerprint density at radius 2 is 0.728 bits per heavy atom. The predicted octanol–water partition coefficient (Wildman–Crippen LogP) is 25.9. The van der Waals surface area contributed by atoms with E-state index in [9.17, 15) is 0 Å². The first-order valence-electron chi connectivity index (χ1n) is 44.5. The zero-order valence-electron chi connectivity index (χ0n) is 65.9. The van der Waals surface area contributed by atoms with Crippen LogP contribution in [0.15, 0.2) is 215 Å². The molecule has 8 bridgehead atoms. The fourth-order valence-corrected chi connectivity index (χ4v) is 32.0. The summed E-state index contributed by atoms with van der Waals surface area (Å²) >= 11 is 0. The van der Waals surface area contributed by atoms with Gasteiger partial charge in [0, 0.05) is 65.7 Å². The molecule has 13 aliphatic rings. The van der Waals surface area contributed by atoms with Gasteiger partial charge in [-0.2, -0.15) is 0 Å². The fourth-order valence-electron chi connectivity index (χ4n) is 32.0. The largest absolute Gasteiger partial charge is 0.455 e. The molecule has 0 radical (unpaired) electrons. The van der Waals surface area contributed by atoms with Crippen molar-refractivity contribution in [3.63, 3.8) is 0 Å². The molecular formula is C106H98N6O2. The summed E-state index contributed by atoms with van der Waals surface area (Å²) in [4.78, 5) is 32.7. The Labute approximate surface area is 667 Å². The lowest BCUT2D eigenvalue weighted by atomic mass is 9.37. The monoisotopic (exact) mass is 1490 g/mol. The quantitative estimate of drug-likeness (QED) is 0.126. The molecule has 4 aromatic heterocycles. The van der Waals surface area contributed by atoms with Crippen LogP contribution in [-0.4, -0.2) is 29.9 Å². The van der Waals surface area contributed by atoms with Gasteiger partial charge in [-0.1, -0.05) is 185 Å². The molecule has 0 saturated heterocycles. The molecule has 0 amide bonds. The molecule has 10 aromatic carbocycles. The Balaban J connectivity index is 0.504. The first-order valence-corrected chi connectivity index (χ1v) is 44.5. The molecule has 20 atom stereocenters. The molecule has 14 aromatic rings. The standard InChI is InChI=1S/C106H98N6O2/c1-57-36-60-37-58(2)45-102(44-57,47-60)74-24-12-63(13-25-74)98-108-99(112-101(111-98)68-22-32-80-81-33-20-61-8-4-6-10-78(61)94(81)114-90(80)43-68)65-16-28-76(29-17-65)104-50-72-42-84-91(72)87(54-104)88(55-104)93(84)106-51-73-40-71-49-105(56-106,53-86(71)92(73)106)77-30-18-66(19-31-77)97-107-96(64-14-26-75(27-15-64)103-46-59(3)38-69-39-70(48-103)85(69)52-103)109-100(110-97)67-23-35-89-83(41-67)82-34-21-62-9-5-7-11-79(62)95(82)113-89/h4-35,41,43,57-60,69-73,84-88,91-93H,36-40,42,44-56H2,1-3H3/t57-,58-,59-,60?,69?,70-,71-,72-,73+,84?,85?,86?,87?,88-,91?,92?,93?,102?,103?,104?,105?,106+/m0/s1. The molecule has 13 saturated carbocycles. The van der Waals surface area contributed by atoms with Crippen LogP contribution in [0.2, 0.25) is 0 Å². The Bertz CT molecular complexity index is 6390. The van der Waals surface area contributed by atoms with Gasteiger partial charge in [-0.3, -0.25) is 0 Å². The van der Waals surface area contributed by atoms with E-state index < -0.39 is 0 Å². The second kappa shape index (κ2) is 23.1. The number of hydrogen-bond acceptors (Lipinski definition) is 8. The van der Waals surface area contributed by atoms with Crippen molar-refractivity contribution in [3.8, 4) is 68.3 Å². The molecule has 114 heavy (non-hydrogen) atoms. The minimum atomic E-state index is 0.209. The average molecular weight is 1490 g/mol. The topological polar surface area (TPSA) is 104 Å². The Kier molecular flexibility index (Phi) is 13.3. The van der Waals surface area contributed by atoms with Crippen molar-refractivity contribution in [1.82, 2.24) is 29.9 Å². The Morgan fingerprint density at radius 3 is 1.34 bits per heavy atom. The van der Waals surface area contributed by atoms with Crippen molar-refractivity contribution in [1.29, 1.82) is 0 Å². The molecule has 0 aliphatic heterocycles. The molecule has 8 nitrogen and oxygen atoms in total. The molecular weight excluding hydrogens is 1390 g/mol. The lowest BCUT2D eigenvalue weighted by Gasteiger charge is -2.67. The van der Waals surface area contributed by atoms with E-state index in [4.69, 9.17) is 38.7 Å². The summed E-state index contributed by atoms with van der Waals surface area (Å²) in [7, 11) is 0. The van der Waals surface area contributed by atoms with Crippen molar-refractivity contribution < 1.29 is 8.83 Å². The summed E-state index contributed by atoms with van der Waals surface area (Å²) in [6.45, 7) is 7.51. The van der Waals surface area contributed by atoms with E-state index in [1.54, 1.807) is 11.1 Å². The minimum absolute atomic E-state index is 0.209. The van der Waals surface area contributed by atoms with Gasteiger partial charge in [0.25, 0.3) is 0 Å². The summed E-state index contributed by atoms with van der Waals surface area (Å²) < 4.78 is 13.5. The molecule has 0 spiro atoms. The molecule has 564 valence electrons. The van der Waals surface area contributed by atoms with Crippen molar-refractivity contribution in [2.45, 2.75) is 164 Å². The van der Waals surface area contributed by atoms with Gasteiger partial charge in [-0.15, -0.1) is 0 Å². The highest BCUT2D eigenvalue weighted by atomic mass is 16.3. The number of fused-ring (bicyclic) bond motifs is 15. The van der Waals surface area contributed by atoms with E-state index in [-0.39, 0.29) is 16.2 Å². The summed E-state index contributed by atoms with van der Waals surface area (Å²) in [5.41, 5.74) is 17.3. The van der Waals surface area contributed by atoms with Crippen LogP contribution in [0.4, 0.5) is 0 Å². The van der Waals surface area contributed by atoms with Gasteiger partial charge >= 0.3 is 0 Å². The van der Waals surface area contributed by atoms with Gasteiger partial charge in [-0.05, 0) is 325 Å². The average Bonchev–Trinajstić information content (AvgIpc) is 1.47. The molecule has 27 rings (SSSR count). The van der Waals surface area contributed by atoms with Crippen molar-refractivity contribution in [2.75, 3.05) is 0 Å². The van der Waals surface area contributed by atoms with Crippen LogP contribution in [0, 0.1) is 106 Å². The zero-order valence-corrected chi connectivity index (χ0v) is 65.9. The van der Waals surface area contributed by atoms with Crippen LogP contribution in [0.1, 0.15) is 165 Å². The summed E-state index contributed by atoms with van der Waals surface area (Å²) in [6.07, 6.45) is 26.1. The number of nitrogens with zero attached hydrogens (tertiary/aromatic N) is 6. The Hall–Kier alpha value is -9.66. The second-order valence-electron chi connectivity index (χ2n) is 41.2. The van der Waals surface area contributed by atoms with E-state index in [0.29, 0.717) is 22.5 Å². The smallest absolute Gasteiger partial charge is 0.164 e. The third kappa shape index (κ3) is 9.18. The van der Waals surface area contributed by atoms with Crippen LogP contribution >= 0.6 is 0 Å². The van der Waals surface area contributed by atoms with Gasteiger partial charge in [-0.25, -0.2) is 29.9 Å². The maximum Gasteiger partial charge on any atom is 0.164 e. The molecule has 13 aliphatic carbocycles. The van der Waals surface area contributed by atoms with Crippen molar-refractivity contribution in [2.24, 2.45) is 106 Å². The van der Waals surface area contributed by atoms with E-state index in [1.807, 2.05) is 0 Å². The molecule has 11 unspecified atom stereocenters. The number of furan rings is 2. The second-order valence-corrected chi connectivity index (χ2v) is 41.2. The summed E-state index contributed by atoms with van der Waals surface area (Å²) in [5, 5.41) is 9.05. The third-order valence-electron chi connectivity index (χ3n) is 35.3. The van der Waals surface area contributed by atoms with Crippen LogP contribution < -0.4 is 0 Å². The van der Waals surface area contributed by atoms with E-state index in [2.05, 4.69) is 227 Å². The highest BCUT2D eigenvalue weighted by molar-refractivity contribution is 6.16. The third-order valence-corrected chi connectivity index (χ3v) is 35.3. The molecule has 13 fully saturated rings. The van der Waals surface area contributed by atoms with E-state index in [1.165, 1.54) is 144 Å². The maximum atomic E-state index is 6.80. The van der Waals surface area contributed by atoms with E-state index in [0.717, 1.165) is 212 Å². The van der Waals surface area contributed by atoms with Crippen LogP contribution in [0.5, 0.6) is 0 Å². The first-order chi connectivity index (χ1) is 55.8. The number of aromatic nitrogens is 6. The number of benzene rings is 10. The summed E-state index contributed by atoms with van der Waals surface area (Å²) in [5.74, 6) is 19.0. The van der Waals surface area contributed by atoms with Crippen LogP contribution in [0.25, 0.3) is 134 Å². The Morgan fingerprint density at radius 1 is 0.281 bits per heavy atom.